The summed E-state index contributed by atoms with van der Waals surface area (Å²) in [7, 11) is 1.45. The van der Waals surface area contributed by atoms with Crippen molar-refractivity contribution in [2.75, 3.05) is 7.11 Å². The zero-order valence-corrected chi connectivity index (χ0v) is 8.97. The van der Waals surface area contributed by atoms with Crippen LogP contribution in [0, 0.1) is 5.92 Å². The van der Waals surface area contributed by atoms with Crippen LogP contribution in [0.5, 0.6) is 0 Å². The molecule has 1 fully saturated rings. The number of alkyl halides is 1. The standard InChI is InChI=1S/C9H15BrO2/c1-12-9(11)6-7-4-2-3-5-8(7)10/h7-8H,2-6H2,1H3/t7-,8-/m1/s1. The zero-order valence-electron chi connectivity index (χ0n) is 7.38. The van der Waals surface area contributed by atoms with Crippen LogP contribution in [0.1, 0.15) is 32.1 Å². The summed E-state index contributed by atoms with van der Waals surface area (Å²) in [6.07, 6.45) is 5.47. The van der Waals surface area contributed by atoms with E-state index >= 15 is 0 Å². The molecule has 0 aromatic heterocycles. The van der Waals surface area contributed by atoms with Crippen LogP contribution in [0.2, 0.25) is 0 Å². The van der Waals surface area contributed by atoms with Gasteiger partial charge in [-0.05, 0) is 18.8 Å². The van der Waals surface area contributed by atoms with E-state index in [9.17, 15) is 4.79 Å². The number of carbonyl (C=O) groups is 1. The average molecular weight is 235 g/mol. The highest BCUT2D eigenvalue weighted by molar-refractivity contribution is 9.09. The van der Waals surface area contributed by atoms with Crippen LogP contribution >= 0.6 is 15.9 Å². The molecular formula is C9H15BrO2. The second kappa shape index (κ2) is 4.85. The summed E-state index contributed by atoms with van der Waals surface area (Å²) in [5.41, 5.74) is 0. The van der Waals surface area contributed by atoms with Crippen molar-refractivity contribution < 1.29 is 9.53 Å². The van der Waals surface area contributed by atoms with E-state index in [4.69, 9.17) is 0 Å². The fourth-order valence-corrected chi connectivity index (χ4v) is 2.46. The molecule has 3 heteroatoms. The van der Waals surface area contributed by atoms with E-state index in [0.29, 0.717) is 17.2 Å². The lowest BCUT2D eigenvalue weighted by atomic mass is 9.87. The minimum absolute atomic E-state index is 0.0775. The Hall–Kier alpha value is -0.0500. The Labute approximate surface area is 81.8 Å². The minimum atomic E-state index is -0.0775. The monoisotopic (exact) mass is 234 g/mol. The van der Waals surface area contributed by atoms with Crippen LogP contribution in [0.3, 0.4) is 0 Å². The van der Waals surface area contributed by atoms with Gasteiger partial charge in [0.1, 0.15) is 0 Å². The number of hydrogen-bond acceptors (Lipinski definition) is 2. The summed E-state index contributed by atoms with van der Waals surface area (Å²) in [6, 6.07) is 0. The summed E-state index contributed by atoms with van der Waals surface area (Å²) < 4.78 is 4.64. The molecule has 0 heterocycles. The van der Waals surface area contributed by atoms with Gasteiger partial charge in [0, 0.05) is 11.2 Å². The molecule has 0 radical (unpaired) electrons. The molecule has 2 atom stereocenters. The lowest BCUT2D eigenvalue weighted by Crippen LogP contribution is -2.22. The van der Waals surface area contributed by atoms with Crippen LogP contribution in [0.25, 0.3) is 0 Å². The van der Waals surface area contributed by atoms with Gasteiger partial charge in [0.2, 0.25) is 0 Å². The third-order valence-corrected chi connectivity index (χ3v) is 3.68. The van der Waals surface area contributed by atoms with Gasteiger partial charge in [-0.15, -0.1) is 0 Å². The van der Waals surface area contributed by atoms with Gasteiger partial charge in [-0.2, -0.15) is 0 Å². The number of hydrogen-bond donors (Lipinski definition) is 0. The second-order valence-corrected chi connectivity index (χ2v) is 4.52. The molecule has 0 N–H and O–H groups in total. The lowest BCUT2D eigenvalue weighted by Gasteiger charge is -2.26. The van der Waals surface area contributed by atoms with E-state index in [1.807, 2.05) is 0 Å². The predicted octanol–water partition coefficient (Wildman–Crippen LogP) is 2.50. The van der Waals surface area contributed by atoms with Crippen molar-refractivity contribution >= 4 is 21.9 Å². The predicted molar refractivity (Wildman–Crippen MR) is 51.3 cm³/mol. The third-order valence-electron chi connectivity index (χ3n) is 2.47. The Morgan fingerprint density at radius 2 is 2.17 bits per heavy atom. The van der Waals surface area contributed by atoms with Gasteiger partial charge in [-0.25, -0.2) is 0 Å². The molecule has 1 aliphatic rings. The summed E-state index contributed by atoms with van der Waals surface area (Å²) >= 11 is 3.60. The Morgan fingerprint density at radius 3 is 2.75 bits per heavy atom. The molecule has 0 amide bonds. The Morgan fingerprint density at radius 1 is 1.50 bits per heavy atom. The first-order chi connectivity index (χ1) is 5.74. The SMILES string of the molecule is COC(=O)C[C@H]1CCCC[C@H]1Br. The van der Waals surface area contributed by atoms with E-state index in [1.165, 1.54) is 26.4 Å². The molecule has 0 spiro atoms. The number of esters is 1. The topological polar surface area (TPSA) is 26.3 Å². The number of halogens is 1. The van der Waals surface area contributed by atoms with Gasteiger partial charge in [0.05, 0.1) is 7.11 Å². The molecule has 0 unspecified atom stereocenters. The molecule has 1 rings (SSSR count). The summed E-state index contributed by atoms with van der Waals surface area (Å²) in [5, 5.41) is 0. The van der Waals surface area contributed by atoms with Crippen LogP contribution < -0.4 is 0 Å². The van der Waals surface area contributed by atoms with Gasteiger partial charge in [0.25, 0.3) is 0 Å². The van der Waals surface area contributed by atoms with Crippen LogP contribution in [-0.2, 0) is 9.53 Å². The van der Waals surface area contributed by atoms with Crippen molar-refractivity contribution in [1.29, 1.82) is 0 Å². The van der Waals surface area contributed by atoms with Crippen molar-refractivity contribution in [2.24, 2.45) is 5.92 Å². The van der Waals surface area contributed by atoms with Crippen molar-refractivity contribution in [3.8, 4) is 0 Å². The highest BCUT2D eigenvalue weighted by Gasteiger charge is 2.24. The molecule has 0 aliphatic heterocycles. The number of carbonyl (C=O) groups excluding carboxylic acids is 1. The number of ether oxygens (including phenoxy) is 1. The minimum Gasteiger partial charge on any atom is -0.469 e. The fourth-order valence-electron chi connectivity index (χ4n) is 1.69. The van der Waals surface area contributed by atoms with Crippen LogP contribution in [0.4, 0.5) is 0 Å². The molecule has 0 saturated heterocycles. The summed E-state index contributed by atoms with van der Waals surface area (Å²) in [4.78, 5) is 11.5. The molecular weight excluding hydrogens is 220 g/mol. The maximum atomic E-state index is 11.0. The van der Waals surface area contributed by atoms with Crippen LogP contribution in [-0.4, -0.2) is 17.9 Å². The van der Waals surface area contributed by atoms with Gasteiger partial charge < -0.3 is 4.74 Å². The second-order valence-electron chi connectivity index (χ2n) is 3.34. The smallest absolute Gasteiger partial charge is 0.305 e. The fraction of sp³-hybridized carbons (Fsp3) is 0.889. The third kappa shape index (κ3) is 2.77. The molecule has 12 heavy (non-hydrogen) atoms. The largest absolute Gasteiger partial charge is 0.469 e. The number of methoxy groups -OCH3 is 1. The van der Waals surface area contributed by atoms with E-state index in [0.717, 1.165) is 6.42 Å². The normalized spacial score (nSPS) is 29.8. The summed E-state index contributed by atoms with van der Waals surface area (Å²) in [5.74, 6) is 0.414. The Bertz CT molecular complexity index is 159. The van der Waals surface area contributed by atoms with Gasteiger partial charge in [-0.3, -0.25) is 4.79 Å². The Kier molecular flexibility index (Phi) is 4.06. The van der Waals surface area contributed by atoms with E-state index < -0.39 is 0 Å². The highest BCUT2D eigenvalue weighted by atomic mass is 79.9. The van der Waals surface area contributed by atoms with Gasteiger partial charge >= 0.3 is 5.97 Å². The molecule has 0 aromatic carbocycles. The average Bonchev–Trinajstić information content (AvgIpc) is 2.09. The highest BCUT2D eigenvalue weighted by Crippen LogP contribution is 2.32. The first-order valence-corrected chi connectivity index (χ1v) is 5.36. The molecule has 1 saturated carbocycles. The Balaban J connectivity index is 2.33. The first-order valence-electron chi connectivity index (χ1n) is 4.45. The maximum absolute atomic E-state index is 11.0. The van der Waals surface area contributed by atoms with Crippen molar-refractivity contribution in [3.63, 3.8) is 0 Å². The molecule has 0 aromatic rings. The van der Waals surface area contributed by atoms with Gasteiger partial charge in [-0.1, -0.05) is 28.8 Å². The molecule has 70 valence electrons. The molecule has 1 aliphatic carbocycles. The van der Waals surface area contributed by atoms with Crippen molar-refractivity contribution in [1.82, 2.24) is 0 Å². The van der Waals surface area contributed by atoms with Gasteiger partial charge in [0.15, 0.2) is 0 Å². The lowest BCUT2D eigenvalue weighted by molar-refractivity contribution is -0.141. The zero-order chi connectivity index (χ0) is 8.97. The first kappa shape index (κ1) is 10.0. The van der Waals surface area contributed by atoms with Crippen LogP contribution in [0.15, 0.2) is 0 Å². The quantitative estimate of drug-likeness (QED) is 0.543. The van der Waals surface area contributed by atoms with E-state index in [2.05, 4.69) is 20.7 Å². The maximum Gasteiger partial charge on any atom is 0.305 e. The van der Waals surface area contributed by atoms with Crippen molar-refractivity contribution in [2.45, 2.75) is 36.9 Å². The molecule has 2 nitrogen and oxygen atoms in total. The van der Waals surface area contributed by atoms with E-state index in [1.54, 1.807) is 0 Å². The summed E-state index contributed by atoms with van der Waals surface area (Å²) in [6.45, 7) is 0. The van der Waals surface area contributed by atoms with Crippen molar-refractivity contribution in [3.05, 3.63) is 0 Å². The van der Waals surface area contributed by atoms with E-state index in [-0.39, 0.29) is 5.97 Å². The molecule has 0 bridgehead atoms. The number of rotatable bonds is 2.